The Hall–Kier alpha value is -2.78. The predicted molar refractivity (Wildman–Crippen MR) is 133 cm³/mol. The summed E-state index contributed by atoms with van der Waals surface area (Å²) in [5.74, 6) is 0.681. The van der Waals surface area contributed by atoms with E-state index in [1.807, 2.05) is 4.90 Å². The third kappa shape index (κ3) is 6.21. The van der Waals surface area contributed by atoms with Gasteiger partial charge < -0.3 is 19.3 Å². The Labute approximate surface area is 202 Å². The normalized spacial score (nSPS) is 15.0. The molecule has 3 rings (SSSR count). The molecule has 0 radical (unpaired) electrons. The highest BCUT2D eigenvalue weighted by atomic mass is 32.2. The Balaban J connectivity index is 1.78. The van der Waals surface area contributed by atoms with Crippen molar-refractivity contribution in [2.24, 2.45) is 0 Å². The monoisotopic (exact) mass is 489 g/mol. The van der Waals surface area contributed by atoms with Crippen LogP contribution in [0.25, 0.3) is 0 Å². The van der Waals surface area contributed by atoms with Crippen LogP contribution < -0.4 is 14.2 Å². The van der Waals surface area contributed by atoms with Crippen LogP contribution in [-0.4, -0.2) is 71.1 Å². The van der Waals surface area contributed by atoms with Crippen LogP contribution in [0.15, 0.2) is 41.3 Å². The molecule has 1 fully saturated rings. The maximum absolute atomic E-state index is 13.2. The second kappa shape index (κ2) is 11.6. The zero-order valence-electron chi connectivity index (χ0n) is 20.5. The molecule has 1 saturated heterocycles. The van der Waals surface area contributed by atoms with E-state index in [9.17, 15) is 13.2 Å². The summed E-state index contributed by atoms with van der Waals surface area (Å²) in [5, 5.41) is 0. The zero-order chi connectivity index (χ0) is 24.7. The van der Waals surface area contributed by atoms with Gasteiger partial charge in [0.2, 0.25) is 0 Å². The highest BCUT2D eigenvalue weighted by Gasteiger charge is 2.22. The lowest BCUT2D eigenvalue weighted by Gasteiger charge is -2.22. The standard InChI is InChI=1S/C25H35N3O5S/c1-5-6-12-27-13-7-14-28(16-15-27)25(29)20-9-8-19(2)22(17-20)26-34(30,31)21-10-11-23(32-3)24(18-21)33-4/h8-11,17-18,26H,5-7,12-16H2,1-4H3. The van der Waals surface area contributed by atoms with Crippen molar-refractivity contribution in [3.05, 3.63) is 47.5 Å². The first-order chi connectivity index (χ1) is 16.3. The highest BCUT2D eigenvalue weighted by Crippen LogP contribution is 2.30. The molecule has 9 heteroatoms. The highest BCUT2D eigenvalue weighted by molar-refractivity contribution is 7.92. The number of aryl methyl sites for hydroxylation is 1. The van der Waals surface area contributed by atoms with Gasteiger partial charge in [-0.3, -0.25) is 9.52 Å². The van der Waals surface area contributed by atoms with Gasteiger partial charge in [0.25, 0.3) is 15.9 Å². The molecule has 0 atom stereocenters. The Morgan fingerprint density at radius 3 is 2.47 bits per heavy atom. The number of amides is 1. The summed E-state index contributed by atoms with van der Waals surface area (Å²) >= 11 is 0. The number of benzene rings is 2. The largest absolute Gasteiger partial charge is 0.493 e. The molecule has 0 unspecified atom stereocenters. The quantitative estimate of drug-likeness (QED) is 0.577. The van der Waals surface area contributed by atoms with Crippen molar-refractivity contribution in [3.63, 3.8) is 0 Å². The van der Waals surface area contributed by atoms with Gasteiger partial charge in [-0.05, 0) is 62.7 Å². The first kappa shape index (κ1) is 25.8. The molecule has 0 spiro atoms. The molecule has 0 bridgehead atoms. The van der Waals surface area contributed by atoms with Crippen molar-refractivity contribution >= 4 is 21.6 Å². The molecule has 1 aliphatic rings. The van der Waals surface area contributed by atoms with Crippen LogP contribution in [0.4, 0.5) is 5.69 Å². The molecule has 2 aromatic carbocycles. The fraction of sp³-hybridized carbons (Fsp3) is 0.480. The van der Waals surface area contributed by atoms with Gasteiger partial charge >= 0.3 is 0 Å². The van der Waals surface area contributed by atoms with Gasteiger partial charge in [-0.2, -0.15) is 0 Å². The third-order valence-electron chi connectivity index (χ3n) is 6.10. The Kier molecular flexibility index (Phi) is 8.79. The number of ether oxygens (including phenoxy) is 2. The van der Waals surface area contributed by atoms with Crippen molar-refractivity contribution in [1.29, 1.82) is 0 Å². The average Bonchev–Trinajstić information content (AvgIpc) is 3.08. The number of carbonyl (C=O) groups excluding carboxylic acids is 1. The summed E-state index contributed by atoms with van der Waals surface area (Å²) < 4.78 is 39.2. The number of hydrogen-bond acceptors (Lipinski definition) is 6. The van der Waals surface area contributed by atoms with E-state index in [4.69, 9.17) is 9.47 Å². The molecule has 0 aromatic heterocycles. The number of nitrogens with one attached hydrogen (secondary N) is 1. The predicted octanol–water partition coefficient (Wildman–Crippen LogP) is 3.76. The van der Waals surface area contributed by atoms with E-state index in [1.54, 1.807) is 31.2 Å². The number of unbranched alkanes of at least 4 members (excludes halogenated alkanes) is 1. The fourth-order valence-corrected chi connectivity index (χ4v) is 5.15. The fourth-order valence-electron chi connectivity index (χ4n) is 4.01. The second-order valence-electron chi connectivity index (χ2n) is 8.49. The lowest BCUT2D eigenvalue weighted by atomic mass is 10.1. The molecule has 186 valence electrons. The summed E-state index contributed by atoms with van der Waals surface area (Å²) in [4.78, 5) is 17.5. The van der Waals surface area contributed by atoms with E-state index in [0.717, 1.165) is 44.5 Å². The zero-order valence-corrected chi connectivity index (χ0v) is 21.3. The number of nitrogens with zero attached hydrogens (tertiary/aromatic N) is 2. The van der Waals surface area contributed by atoms with Gasteiger partial charge in [0, 0.05) is 31.3 Å². The molecule has 2 aromatic rings. The van der Waals surface area contributed by atoms with Gasteiger partial charge in [0.15, 0.2) is 11.5 Å². The van der Waals surface area contributed by atoms with Gasteiger partial charge in [-0.25, -0.2) is 8.42 Å². The van der Waals surface area contributed by atoms with E-state index >= 15 is 0 Å². The second-order valence-corrected chi connectivity index (χ2v) is 10.2. The third-order valence-corrected chi connectivity index (χ3v) is 7.46. The molecular formula is C25H35N3O5S. The number of methoxy groups -OCH3 is 2. The van der Waals surface area contributed by atoms with E-state index in [-0.39, 0.29) is 10.8 Å². The number of hydrogen-bond donors (Lipinski definition) is 1. The molecule has 0 aliphatic carbocycles. The summed E-state index contributed by atoms with van der Waals surface area (Å²) in [7, 11) is -0.959. The number of carbonyl (C=O) groups is 1. The van der Waals surface area contributed by atoms with Gasteiger partial charge in [-0.15, -0.1) is 0 Å². The van der Waals surface area contributed by atoms with Crippen molar-refractivity contribution in [1.82, 2.24) is 9.80 Å². The first-order valence-electron chi connectivity index (χ1n) is 11.7. The van der Waals surface area contributed by atoms with Crippen LogP contribution in [0.5, 0.6) is 11.5 Å². The molecule has 1 amide bonds. The number of rotatable bonds is 9. The van der Waals surface area contributed by atoms with Crippen molar-refractivity contribution in [3.8, 4) is 11.5 Å². The topological polar surface area (TPSA) is 88.2 Å². The maximum Gasteiger partial charge on any atom is 0.262 e. The van der Waals surface area contributed by atoms with E-state index in [0.29, 0.717) is 35.8 Å². The minimum Gasteiger partial charge on any atom is -0.493 e. The van der Waals surface area contributed by atoms with Gasteiger partial charge in [-0.1, -0.05) is 19.4 Å². The van der Waals surface area contributed by atoms with E-state index < -0.39 is 10.0 Å². The molecular weight excluding hydrogens is 454 g/mol. The van der Waals surface area contributed by atoms with Gasteiger partial charge in [0.1, 0.15) is 0 Å². The summed E-state index contributed by atoms with van der Waals surface area (Å²) in [6, 6.07) is 9.55. The maximum atomic E-state index is 13.2. The summed E-state index contributed by atoms with van der Waals surface area (Å²) in [6.07, 6.45) is 3.25. The molecule has 8 nitrogen and oxygen atoms in total. The summed E-state index contributed by atoms with van der Waals surface area (Å²) in [6.45, 7) is 8.26. The molecule has 1 heterocycles. The van der Waals surface area contributed by atoms with Gasteiger partial charge in [0.05, 0.1) is 24.8 Å². The van der Waals surface area contributed by atoms with Crippen LogP contribution in [0, 0.1) is 6.92 Å². The lowest BCUT2D eigenvalue weighted by Crippen LogP contribution is -2.35. The SMILES string of the molecule is CCCCN1CCCN(C(=O)c2ccc(C)c(NS(=O)(=O)c3ccc(OC)c(OC)c3)c2)CC1. The van der Waals surface area contributed by atoms with Crippen molar-refractivity contribution in [2.75, 3.05) is 51.7 Å². The Morgan fingerprint density at radius 1 is 1.00 bits per heavy atom. The minimum absolute atomic E-state index is 0.0426. The van der Waals surface area contributed by atoms with Crippen LogP contribution in [0.1, 0.15) is 42.1 Å². The van der Waals surface area contributed by atoms with Crippen molar-refractivity contribution < 1.29 is 22.7 Å². The van der Waals surface area contributed by atoms with E-state index in [2.05, 4.69) is 16.5 Å². The lowest BCUT2D eigenvalue weighted by molar-refractivity contribution is 0.0761. The minimum atomic E-state index is -3.90. The Bertz CT molecular complexity index is 1100. The number of anilines is 1. The van der Waals surface area contributed by atoms with E-state index in [1.165, 1.54) is 26.4 Å². The first-order valence-corrected chi connectivity index (χ1v) is 13.1. The van der Waals surface area contributed by atoms with Crippen LogP contribution in [0.3, 0.4) is 0 Å². The van der Waals surface area contributed by atoms with Crippen LogP contribution in [0.2, 0.25) is 0 Å². The average molecular weight is 490 g/mol. The molecule has 0 saturated carbocycles. The molecule has 34 heavy (non-hydrogen) atoms. The van der Waals surface area contributed by atoms with Crippen LogP contribution in [-0.2, 0) is 10.0 Å². The van der Waals surface area contributed by atoms with Crippen LogP contribution >= 0.6 is 0 Å². The molecule has 1 aliphatic heterocycles. The smallest absolute Gasteiger partial charge is 0.262 e. The number of sulfonamides is 1. The molecule has 1 N–H and O–H groups in total. The van der Waals surface area contributed by atoms with Crippen molar-refractivity contribution in [2.45, 2.75) is 38.0 Å². The summed E-state index contributed by atoms with van der Waals surface area (Å²) in [5.41, 5.74) is 1.57. The Morgan fingerprint density at radius 2 is 1.76 bits per heavy atom.